The van der Waals surface area contributed by atoms with Crippen LogP contribution in [0.1, 0.15) is 32.4 Å². The Morgan fingerprint density at radius 1 is 1.59 bits per heavy atom. The number of hydrogen-bond donors (Lipinski definition) is 1. The molecule has 3 nitrogen and oxygen atoms in total. The Labute approximate surface area is 105 Å². The lowest BCUT2D eigenvalue weighted by Gasteiger charge is -2.24. The van der Waals surface area contributed by atoms with Crippen LogP contribution in [0.25, 0.3) is 0 Å². The fourth-order valence-electron chi connectivity index (χ4n) is 1.96. The molecule has 1 aromatic rings. The van der Waals surface area contributed by atoms with E-state index in [0.717, 1.165) is 24.5 Å². The summed E-state index contributed by atoms with van der Waals surface area (Å²) in [4.78, 5) is 6.62. The van der Waals surface area contributed by atoms with Gasteiger partial charge in [-0.25, -0.2) is 4.98 Å². The van der Waals surface area contributed by atoms with Crippen LogP contribution in [-0.2, 0) is 0 Å². The quantitative estimate of drug-likeness (QED) is 0.766. The van der Waals surface area contributed by atoms with E-state index in [4.69, 9.17) is 0 Å². The maximum absolute atomic E-state index is 4.48. The fraction of sp³-hybridized carbons (Fsp3) is 0.500. The first-order chi connectivity index (χ1) is 8.06. The van der Waals surface area contributed by atoms with Gasteiger partial charge in [0, 0.05) is 31.4 Å². The molecule has 0 aliphatic rings. The monoisotopic (exact) mass is 233 g/mol. The molecule has 0 aliphatic carbocycles. The molecule has 1 heterocycles. The Kier molecular flexibility index (Phi) is 5.16. The molecule has 0 fully saturated rings. The third kappa shape index (κ3) is 3.86. The summed E-state index contributed by atoms with van der Waals surface area (Å²) >= 11 is 0. The first-order valence-corrected chi connectivity index (χ1v) is 6.10. The lowest BCUT2D eigenvalue weighted by molar-refractivity contribution is 0.595. The SMILES string of the molecule is C=C(C)CN(C)c1ncccc1C(C)NCC. The van der Waals surface area contributed by atoms with Crippen LogP contribution < -0.4 is 10.2 Å². The molecular formula is C14H23N3. The number of hydrogen-bond acceptors (Lipinski definition) is 3. The number of anilines is 1. The van der Waals surface area contributed by atoms with Crippen molar-refractivity contribution in [1.82, 2.24) is 10.3 Å². The molecule has 0 saturated heterocycles. The van der Waals surface area contributed by atoms with E-state index in [2.05, 4.69) is 48.7 Å². The zero-order chi connectivity index (χ0) is 12.8. The van der Waals surface area contributed by atoms with Gasteiger partial charge in [-0.15, -0.1) is 0 Å². The third-order valence-electron chi connectivity index (χ3n) is 2.66. The summed E-state index contributed by atoms with van der Waals surface area (Å²) in [7, 11) is 2.05. The van der Waals surface area contributed by atoms with E-state index in [9.17, 15) is 0 Å². The molecule has 0 radical (unpaired) electrons. The summed E-state index contributed by atoms with van der Waals surface area (Å²) in [5.74, 6) is 1.03. The highest BCUT2D eigenvalue weighted by Gasteiger charge is 2.13. The van der Waals surface area contributed by atoms with E-state index in [-0.39, 0.29) is 0 Å². The lowest BCUT2D eigenvalue weighted by Crippen LogP contribution is -2.25. The zero-order valence-electron chi connectivity index (χ0n) is 11.3. The Balaban J connectivity index is 2.94. The summed E-state index contributed by atoms with van der Waals surface area (Å²) < 4.78 is 0. The molecule has 0 saturated carbocycles. The second-order valence-corrected chi connectivity index (χ2v) is 4.51. The molecule has 0 aromatic carbocycles. The van der Waals surface area contributed by atoms with Crippen LogP contribution in [0.15, 0.2) is 30.5 Å². The van der Waals surface area contributed by atoms with Crippen molar-refractivity contribution in [3.8, 4) is 0 Å². The van der Waals surface area contributed by atoms with Crippen LogP contribution in [0, 0.1) is 0 Å². The van der Waals surface area contributed by atoms with Gasteiger partial charge in [-0.2, -0.15) is 0 Å². The first-order valence-electron chi connectivity index (χ1n) is 6.10. The van der Waals surface area contributed by atoms with E-state index in [1.807, 2.05) is 19.2 Å². The maximum Gasteiger partial charge on any atom is 0.133 e. The molecule has 0 spiro atoms. The van der Waals surface area contributed by atoms with Gasteiger partial charge in [0.15, 0.2) is 0 Å². The van der Waals surface area contributed by atoms with Crippen LogP contribution in [0.4, 0.5) is 5.82 Å². The molecule has 3 heteroatoms. The molecule has 0 amide bonds. The van der Waals surface area contributed by atoms with Gasteiger partial charge in [0.2, 0.25) is 0 Å². The minimum atomic E-state index is 0.316. The topological polar surface area (TPSA) is 28.2 Å². The van der Waals surface area contributed by atoms with Crippen molar-refractivity contribution in [3.05, 3.63) is 36.0 Å². The van der Waals surface area contributed by atoms with Gasteiger partial charge >= 0.3 is 0 Å². The predicted octanol–water partition coefficient (Wildman–Crippen LogP) is 2.76. The minimum absolute atomic E-state index is 0.316. The van der Waals surface area contributed by atoms with E-state index in [0.29, 0.717) is 6.04 Å². The van der Waals surface area contributed by atoms with Crippen molar-refractivity contribution in [2.24, 2.45) is 0 Å². The van der Waals surface area contributed by atoms with Crippen molar-refractivity contribution in [2.75, 3.05) is 25.0 Å². The summed E-state index contributed by atoms with van der Waals surface area (Å²) in [5, 5.41) is 3.42. The first kappa shape index (κ1) is 13.7. The molecule has 1 aromatic heterocycles. The van der Waals surface area contributed by atoms with Crippen LogP contribution in [-0.4, -0.2) is 25.1 Å². The van der Waals surface area contributed by atoms with Crippen LogP contribution in [0.5, 0.6) is 0 Å². The molecule has 94 valence electrons. The Morgan fingerprint density at radius 3 is 2.88 bits per heavy atom. The van der Waals surface area contributed by atoms with Crippen molar-refractivity contribution in [1.29, 1.82) is 0 Å². The fourth-order valence-corrected chi connectivity index (χ4v) is 1.96. The van der Waals surface area contributed by atoms with Gasteiger partial charge < -0.3 is 10.2 Å². The third-order valence-corrected chi connectivity index (χ3v) is 2.66. The molecule has 1 N–H and O–H groups in total. The van der Waals surface area contributed by atoms with Gasteiger partial charge in [-0.05, 0) is 26.5 Å². The summed E-state index contributed by atoms with van der Waals surface area (Å²) in [6, 6.07) is 4.43. The molecule has 1 atom stereocenters. The van der Waals surface area contributed by atoms with Gasteiger partial charge in [0.05, 0.1) is 0 Å². The summed E-state index contributed by atoms with van der Waals surface area (Å²) in [5.41, 5.74) is 2.37. The van der Waals surface area contributed by atoms with Gasteiger partial charge in [0.25, 0.3) is 0 Å². The largest absolute Gasteiger partial charge is 0.355 e. The number of likely N-dealkylation sites (N-methyl/N-ethyl adjacent to an activating group) is 1. The number of rotatable bonds is 6. The van der Waals surface area contributed by atoms with Crippen LogP contribution in [0.3, 0.4) is 0 Å². The summed E-state index contributed by atoms with van der Waals surface area (Å²) in [6.07, 6.45) is 1.84. The standard InChI is InChI=1S/C14H23N3/c1-6-15-12(4)13-8-7-9-16-14(13)17(5)10-11(2)3/h7-9,12,15H,2,6,10H2,1,3-5H3. The van der Waals surface area contributed by atoms with E-state index < -0.39 is 0 Å². The van der Waals surface area contributed by atoms with E-state index in [1.54, 1.807) is 0 Å². The normalized spacial score (nSPS) is 12.2. The van der Waals surface area contributed by atoms with Crippen LogP contribution >= 0.6 is 0 Å². The molecular weight excluding hydrogens is 210 g/mol. The Bertz CT molecular complexity index is 373. The van der Waals surface area contributed by atoms with Gasteiger partial charge in [-0.1, -0.05) is 25.1 Å². The van der Waals surface area contributed by atoms with Crippen molar-refractivity contribution < 1.29 is 0 Å². The van der Waals surface area contributed by atoms with Crippen molar-refractivity contribution >= 4 is 5.82 Å². The van der Waals surface area contributed by atoms with Crippen molar-refractivity contribution in [3.63, 3.8) is 0 Å². The van der Waals surface area contributed by atoms with Gasteiger partial charge in [0.1, 0.15) is 5.82 Å². The Morgan fingerprint density at radius 2 is 2.29 bits per heavy atom. The number of nitrogens with one attached hydrogen (secondary N) is 1. The highest BCUT2D eigenvalue weighted by atomic mass is 15.2. The zero-order valence-corrected chi connectivity index (χ0v) is 11.3. The Hall–Kier alpha value is -1.35. The molecule has 17 heavy (non-hydrogen) atoms. The van der Waals surface area contributed by atoms with Gasteiger partial charge in [-0.3, -0.25) is 0 Å². The smallest absolute Gasteiger partial charge is 0.133 e. The highest BCUT2D eigenvalue weighted by molar-refractivity contribution is 5.48. The second kappa shape index (κ2) is 6.40. The number of aromatic nitrogens is 1. The van der Waals surface area contributed by atoms with Crippen molar-refractivity contribution in [2.45, 2.75) is 26.8 Å². The predicted molar refractivity (Wildman–Crippen MR) is 74.4 cm³/mol. The number of nitrogens with zero attached hydrogens (tertiary/aromatic N) is 2. The molecule has 1 unspecified atom stereocenters. The summed E-state index contributed by atoms with van der Waals surface area (Å²) in [6.45, 7) is 12.1. The lowest BCUT2D eigenvalue weighted by atomic mass is 10.1. The molecule has 0 bridgehead atoms. The molecule has 0 aliphatic heterocycles. The van der Waals surface area contributed by atoms with Crippen LogP contribution in [0.2, 0.25) is 0 Å². The average Bonchev–Trinajstić information content (AvgIpc) is 2.28. The maximum atomic E-state index is 4.48. The second-order valence-electron chi connectivity index (χ2n) is 4.51. The highest BCUT2D eigenvalue weighted by Crippen LogP contribution is 2.23. The average molecular weight is 233 g/mol. The van der Waals surface area contributed by atoms with E-state index >= 15 is 0 Å². The van der Waals surface area contributed by atoms with E-state index in [1.165, 1.54) is 5.56 Å². The molecule has 1 rings (SSSR count). The minimum Gasteiger partial charge on any atom is -0.355 e. The number of pyridine rings is 1.